The van der Waals surface area contributed by atoms with Crippen LogP contribution in [0.1, 0.15) is 45.8 Å². The van der Waals surface area contributed by atoms with Crippen LogP contribution in [0.2, 0.25) is 0 Å². The van der Waals surface area contributed by atoms with Gasteiger partial charge in [0.15, 0.2) is 0 Å². The highest BCUT2D eigenvalue weighted by molar-refractivity contribution is 5.93. The van der Waals surface area contributed by atoms with Crippen molar-refractivity contribution in [2.24, 2.45) is 0 Å². The smallest absolute Gasteiger partial charge is 0.420 e. The van der Waals surface area contributed by atoms with E-state index in [1.165, 1.54) is 29.4 Å². The SMILES string of the molecule is O=C(c1ccnn1C(F)F)N1CCc2[nH]cnc2[C@H]1c1cc2cccc(C(F)(F)F)c2o1. The van der Waals surface area contributed by atoms with Gasteiger partial charge in [-0.25, -0.2) is 4.98 Å². The average Bonchev–Trinajstić information content (AvgIpc) is 3.49. The Kier molecular flexibility index (Phi) is 4.53. The maximum absolute atomic E-state index is 13.4. The molecule has 4 heterocycles. The Bertz CT molecular complexity index is 1310. The van der Waals surface area contributed by atoms with Gasteiger partial charge in [0.2, 0.25) is 0 Å². The van der Waals surface area contributed by atoms with Gasteiger partial charge in [-0.05, 0) is 18.2 Å². The lowest BCUT2D eigenvalue weighted by atomic mass is 9.99. The van der Waals surface area contributed by atoms with Crippen LogP contribution in [0.3, 0.4) is 0 Å². The summed E-state index contributed by atoms with van der Waals surface area (Å²) in [4.78, 5) is 21.6. The first kappa shape index (κ1) is 20.2. The van der Waals surface area contributed by atoms with Crippen LogP contribution in [0.4, 0.5) is 22.0 Å². The molecular weight excluding hydrogens is 437 g/mol. The van der Waals surface area contributed by atoms with Gasteiger partial charge in [0.05, 0.1) is 17.6 Å². The maximum atomic E-state index is 13.4. The highest BCUT2D eigenvalue weighted by Crippen LogP contribution is 2.41. The Morgan fingerprint density at radius 2 is 2.06 bits per heavy atom. The molecule has 4 aromatic rings. The van der Waals surface area contributed by atoms with Gasteiger partial charge in [-0.1, -0.05) is 12.1 Å². The van der Waals surface area contributed by atoms with Gasteiger partial charge in [0.25, 0.3) is 5.91 Å². The van der Waals surface area contributed by atoms with Gasteiger partial charge in [-0.2, -0.15) is 31.7 Å². The van der Waals surface area contributed by atoms with Crippen LogP contribution in [-0.2, 0) is 12.6 Å². The van der Waals surface area contributed by atoms with E-state index in [0.29, 0.717) is 22.5 Å². The molecule has 0 bridgehead atoms. The summed E-state index contributed by atoms with van der Waals surface area (Å²) in [6.07, 6.45) is -1.81. The lowest BCUT2D eigenvalue weighted by Gasteiger charge is -2.33. The van der Waals surface area contributed by atoms with Crippen molar-refractivity contribution in [1.82, 2.24) is 24.6 Å². The monoisotopic (exact) mass is 451 g/mol. The molecule has 5 rings (SSSR count). The van der Waals surface area contributed by atoms with Crippen LogP contribution in [-0.4, -0.2) is 37.1 Å². The van der Waals surface area contributed by atoms with Crippen molar-refractivity contribution in [3.8, 4) is 0 Å². The van der Waals surface area contributed by atoms with Crippen molar-refractivity contribution in [3.63, 3.8) is 0 Å². The third kappa shape index (κ3) is 3.13. The first-order chi connectivity index (χ1) is 15.3. The molecule has 0 aliphatic carbocycles. The molecule has 1 aliphatic heterocycles. The highest BCUT2D eigenvalue weighted by Gasteiger charge is 2.40. The number of fused-ring (bicyclic) bond motifs is 2. The van der Waals surface area contributed by atoms with Gasteiger partial charge in [0, 0.05) is 30.2 Å². The number of H-pyrrole nitrogens is 1. The van der Waals surface area contributed by atoms with E-state index in [4.69, 9.17) is 4.42 Å². The summed E-state index contributed by atoms with van der Waals surface area (Å²) in [5.74, 6) is -0.723. The van der Waals surface area contributed by atoms with Gasteiger partial charge in [-0.3, -0.25) is 4.79 Å². The topological polar surface area (TPSA) is 80.0 Å². The third-order valence-corrected chi connectivity index (χ3v) is 5.40. The van der Waals surface area contributed by atoms with Crippen molar-refractivity contribution in [2.45, 2.75) is 25.2 Å². The molecule has 0 unspecified atom stereocenters. The molecule has 1 aliphatic rings. The fraction of sp³-hybridized carbons (Fsp3) is 0.250. The fourth-order valence-electron chi connectivity index (χ4n) is 4.01. The van der Waals surface area contributed by atoms with Crippen LogP contribution in [0.5, 0.6) is 0 Å². The molecule has 7 nitrogen and oxygen atoms in total. The molecule has 166 valence electrons. The standard InChI is InChI=1S/C20H14F5N5O2/c21-19(22)30-13(4-6-28-30)18(31)29-7-5-12-15(27-9-26-12)16(29)14-8-10-2-1-3-11(17(10)32-14)20(23,24)25/h1-4,6,8-9,16,19H,5,7H2,(H,26,27)/t16-/m1/s1. The van der Waals surface area contributed by atoms with Crippen LogP contribution in [0.25, 0.3) is 11.0 Å². The molecule has 0 saturated heterocycles. The van der Waals surface area contributed by atoms with Crippen molar-refractivity contribution >= 4 is 16.9 Å². The average molecular weight is 451 g/mol. The van der Waals surface area contributed by atoms with Crippen LogP contribution < -0.4 is 0 Å². The molecule has 3 aromatic heterocycles. The minimum atomic E-state index is -4.64. The Morgan fingerprint density at radius 3 is 2.81 bits per heavy atom. The van der Waals surface area contributed by atoms with E-state index in [1.807, 2.05) is 0 Å². The number of rotatable bonds is 3. The molecule has 1 N–H and O–H groups in total. The quantitative estimate of drug-likeness (QED) is 0.464. The first-order valence-corrected chi connectivity index (χ1v) is 9.50. The van der Waals surface area contributed by atoms with E-state index in [0.717, 1.165) is 18.3 Å². The number of alkyl halides is 5. The predicted octanol–water partition coefficient (Wildman–Crippen LogP) is 4.55. The number of nitrogens with zero attached hydrogens (tertiary/aromatic N) is 4. The van der Waals surface area contributed by atoms with E-state index in [2.05, 4.69) is 15.1 Å². The second-order valence-corrected chi connectivity index (χ2v) is 7.23. The van der Waals surface area contributed by atoms with Gasteiger partial charge >= 0.3 is 12.7 Å². The normalized spacial score (nSPS) is 16.7. The van der Waals surface area contributed by atoms with Crippen molar-refractivity contribution in [3.05, 3.63) is 71.3 Å². The number of amides is 1. The second-order valence-electron chi connectivity index (χ2n) is 7.23. The molecule has 1 aromatic carbocycles. The van der Waals surface area contributed by atoms with E-state index in [-0.39, 0.29) is 29.0 Å². The summed E-state index contributed by atoms with van der Waals surface area (Å²) in [5.41, 5.74) is -0.620. The van der Waals surface area contributed by atoms with Gasteiger partial charge in [-0.15, -0.1) is 0 Å². The summed E-state index contributed by atoms with van der Waals surface area (Å²) in [6, 6.07) is 5.18. The summed E-state index contributed by atoms with van der Waals surface area (Å²) >= 11 is 0. The number of furan rings is 1. The molecule has 0 radical (unpaired) electrons. The third-order valence-electron chi connectivity index (χ3n) is 5.40. The fourth-order valence-corrected chi connectivity index (χ4v) is 4.01. The van der Waals surface area contributed by atoms with Gasteiger partial charge in [0.1, 0.15) is 23.1 Å². The molecule has 1 amide bonds. The first-order valence-electron chi connectivity index (χ1n) is 9.50. The number of nitrogens with one attached hydrogen (secondary N) is 1. The Labute approximate surface area is 176 Å². The maximum Gasteiger partial charge on any atom is 0.420 e. The molecule has 0 saturated carbocycles. The van der Waals surface area contributed by atoms with Crippen molar-refractivity contribution < 1.29 is 31.2 Å². The largest absolute Gasteiger partial charge is 0.458 e. The minimum Gasteiger partial charge on any atom is -0.458 e. The van der Waals surface area contributed by atoms with E-state index in [1.54, 1.807) is 0 Å². The number of benzene rings is 1. The zero-order valence-electron chi connectivity index (χ0n) is 16.1. The molecular formula is C20H14F5N5O2. The lowest BCUT2D eigenvalue weighted by molar-refractivity contribution is -0.136. The highest BCUT2D eigenvalue weighted by atomic mass is 19.4. The molecule has 1 atom stereocenters. The van der Waals surface area contributed by atoms with Crippen molar-refractivity contribution in [1.29, 1.82) is 0 Å². The minimum absolute atomic E-state index is 0.0428. The second kappa shape index (κ2) is 7.18. The summed E-state index contributed by atoms with van der Waals surface area (Å²) in [5, 5.41) is 3.68. The number of para-hydroxylation sites is 1. The number of aromatic amines is 1. The number of aromatic nitrogens is 4. The summed E-state index contributed by atoms with van der Waals surface area (Å²) < 4.78 is 72.8. The molecule has 32 heavy (non-hydrogen) atoms. The molecule has 12 heteroatoms. The van der Waals surface area contributed by atoms with Crippen molar-refractivity contribution in [2.75, 3.05) is 6.54 Å². The number of hydrogen-bond donors (Lipinski definition) is 1. The summed E-state index contributed by atoms with van der Waals surface area (Å²) in [6.45, 7) is -2.93. The number of hydrogen-bond acceptors (Lipinski definition) is 4. The predicted molar refractivity (Wildman–Crippen MR) is 99.9 cm³/mol. The Hall–Kier alpha value is -3.70. The van der Waals surface area contributed by atoms with Gasteiger partial charge < -0.3 is 14.3 Å². The zero-order chi connectivity index (χ0) is 22.6. The summed E-state index contributed by atoms with van der Waals surface area (Å²) in [7, 11) is 0. The van der Waals surface area contributed by atoms with Crippen LogP contribution in [0, 0.1) is 0 Å². The molecule has 0 spiro atoms. The Balaban J connectivity index is 1.64. The number of halogens is 5. The Morgan fingerprint density at radius 1 is 1.25 bits per heavy atom. The lowest BCUT2D eigenvalue weighted by Crippen LogP contribution is -2.41. The van der Waals surface area contributed by atoms with E-state index in [9.17, 15) is 26.7 Å². The van der Waals surface area contributed by atoms with Crippen LogP contribution >= 0.6 is 0 Å². The van der Waals surface area contributed by atoms with E-state index >= 15 is 0 Å². The zero-order valence-corrected chi connectivity index (χ0v) is 16.1. The van der Waals surface area contributed by atoms with Crippen LogP contribution in [0.15, 0.2) is 47.3 Å². The number of imidazole rings is 1. The number of carbonyl (C=O) groups is 1. The molecule has 0 fully saturated rings. The number of carbonyl (C=O) groups excluding carboxylic acids is 1. The van der Waals surface area contributed by atoms with E-state index < -0.39 is 30.2 Å².